The van der Waals surface area contributed by atoms with Crippen molar-refractivity contribution in [2.75, 3.05) is 6.61 Å². The zero-order chi connectivity index (χ0) is 7.28. The average Bonchev–Trinajstić information content (AvgIpc) is 1.63. The minimum Gasteiger partial charge on any atom is -0.284 e. The molecule has 0 amide bonds. The Morgan fingerprint density at radius 3 is 2.67 bits per heavy atom. The molecule has 1 N–H and O–H groups in total. The van der Waals surface area contributed by atoms with Crippen LogP contribution >= 0.6 is 0 Å². The third-order valence-corrected chi connectivity index (χ3v) is 0.998. The summed E-state index contributed by atoms with van der Waals surface area (Å²) in [4.78, 5) is 0. The zero-order valence-corrected chi connectivity index (χ0v) is 6.27. The van der Waals surface area contributed by atoms with Gasteiger partial charge >= 0.3 is 11.4 Å². The molecule has 0 aromatic carbocycles. The summed E-state index contributed by atoms with van der Waals surface area (Å²) in [5.41, 5.74) is 1.07. The van der Waals surface area contributed by atoms with Crippen LogP contribution in [-0.4, -0.2) is 15.4 Å². The maximum atomic E-state index is 9.84. The van der Waals surface area contributed by atoms with E-state index in [1.54, 1.807) is 6.08 Å². The van der Waals surface area contributed by atoms with Crippen LogP contribution in [0.2, 0.25) is 0 Å². The molecule has 0 bridgehead atoms. The van der Waals surface area contributed by atoms with E-state index in [1.807, 2.05) is 13.8 Å². The Morgan fingerprint density at radius 2 is 2.33 bits per heavy atom. The van der Waals surface area contributed by atoms with E-state index in [2.05, 4.69) is 4.18 Å². The minimum absolute atomic E-state index is 0.200. The van der Waals surface area contributed by atoms with Crippen molar-refractivity contribution in [1.82, 2.24) is 0 Å². The van der Waals surface area contributed by atoms with E-state index in [4.69, 9.17) is 4.55 Å². The molecule has 0 aromatic heterocycles. The van der Waals surface area contributed by atoms with Crippen molar-refractivity contribution >= 4 is 11.4 Å². The van der Waals surface area contributed by atoms with Crippen LogP contribution in [0.25, 0.3) is 0 Å². The lowest BCUT2D eigenvalue weighted by atomic mass is 10.3. The van der Waals surface area contributed by atoms with Crippen LogP contribution in [-0.2, 0) is 15.5 Å². The van der Waals surface area contributed by atoms with Gasteiger partial charge in [-0.1, -0.05) is 11.6 Å². The minimum atomic E-state index is -2.13. The van der Waals surface area contributed by atoms with E-state index in [-0.39, 0.29) is 6.61 Å². The van der Waals surface area contributed by atoms with Crippen molar-refractivity contribution in [1.29, 1.82) is 0 Å². The normalized spacial score (nSPS) is 12.8. The number of hydrogen-bond acceptors (Lipinski definition) is 2. The van der Waals surface area contributed by atoms with E-state index >= 15 is 0 Å². The molecule has 0 fully saturated rings. The van der Waals surface area contributed by atoms with Crippen molar-refractivity contribution in [3.8, 4) is 0 Å². The number of rotatable bonds is 3. The highest BCUT2D eigenvalue weighted by Crippen LogP contribution is 1.88. The van der Waals surface area contributed by atoms with E-state index in [0.29, 0.717) is 0 Å². The molecular formula is C5H10O3S. The summed E-state index contributed by atoms with van der Waals surface area (Å²) < 4.78 is 22.2. The van der Waals surface area contributed by atoms with Gasteiger partial charge in [-0.05, 0) is 13.8 Å². The molecule has 0 aromatic rings. The Hall–Kier alpha value is -0.190. The average molecular weight is 150 g/mol. The van der Waals surface area contributed by atoms with Crippen molar-refractivity contribution in [3.63, 3.8) is 0 Å². The van der Waals surface area contributed by atoms with Crippen LogP contribution in [0.5, 0.6) is 0 Å². The Labute approximate surface area is 57.2 Å². The van der Waals surface area contributed by atoms with Gasteiger partial charge in [-0.25, -0.2) is 0 Å². The van der Waals surface area contributed by atoms with Crippen LogP contribution in [0, 0.1) is 0 Å². The Morgan fingerprint density at radius 1 is 1.78 bits per heavy atom. The highest BCUT2D eigenvalue weighted by Gasteiger charge is 1.87. The van der Waals surface area contributed by atoms with Crippen LogP contribution in [0.1, 0.15) is 13.8 Å². The summed E-state index contributed by atoms with van der Waals surface area (Å²) >= 11 is -2.13. The van der Waals surface area contributed by atoms with Crippen molar-refractivity contribution in [2.24, 2.45) is 0 Å². The lowest BCUT2D eigenvalue weighted by Gasteiger charge is -1.91. The van der Waals surface area contributed by atoms with Crippen LogP contribution in [0.15, 0.2) is 11.6 Å². The van der Waals surface area contributed by atoms with Gasteiger partial charge < -0.3 is 0 Å². The lowest BCUT2D eigenvalue weighted by Crippen LogP contribution is -1.94. The third kappa shape index (κ3) is 7.81. The maximum absolute atomic E-state index is 9.84. The van der Waals surface area contributed by atoms with Gasteiger partial charge in [0.2, 0.25) is 0 Å². The second-order valence-corrected chi connectivity index (χ2v) is 2.45. The molecular weight excluding hydrogens is 140 g/mol. The first-order valence-corrected chi connectivity index (χ1v) is 3.53. The Bertz CT molecular complexity index is 126. The summed E-state index contributed by atoms with van der Waals surface area (Å²) in [6.07, 6.45) is 1.73. The molecule has 4 heteroatoms. The summed E-state index contributed by atoms with van der Waals surface area (Å²) in [5, 5.41) is 0. The fraction of sp³-hybridized carbons (Fsp3) is 0.600. The highest BCUT2D eigenvalue weighted by molar-refractivity contribution is 7.74. The monoisotopic (exact) mass is 150 g/mol. The maximum Gasteiger partial charge on any atom is 0.302 e. The van der Waals surface area contributed by atoms with Gasteiger partial charge in [0.15, 0.2) is 0 Å². The van der Waals surface area contributed by atoms with Gasteiger partial charge in [-0.3, -0.25) is 8.74 Å². The molecule has 9 heavy (non-hydrogen) atoms. The molecule has 0 aliphatic heterocycles. The quantitative estimate of drug-likeness (QED) is 0.484. The van der Waals surface area contributed by atoms with Crippen molar-refractivity contribution < 1.29 is 12.9 Å². The first kappa shape index (κ1) is 8.81. The van der Waals surface area contributed by atoms with E-state index in [0.717, 1.165) is 5.57 Å². The van der Waals surface area contributed by atoms with Crippen molar-refractivity contribution in [2.45, 2.75) is 13.8 Å². The van der Waals surface area contributed by atoms with E-state index in [1.165, 1.54) is 0 Å². The summed E-state index contributed by atoms with van der Waals surface area (Å²) in [5.74, 6) is 0. The van der Waals surface area contributed by atoms with Crippen molar-refractivity contribution in [3.05, 3.63) is 11.6 Å². The Kier molecular flexibility index (Phi) is 4.57. The van der Waals surface area contributed by atoms with E-state index < -0.39 is 11.4 Å². The molecule has 1 unspecified atom stereocenters. The lowest BCUT2D eigenvalue weighted by molar-refractivity contribution is 0.342. The highest BCUT2D eigenvalue weighted by atomic mass is 32.2. The molecule has 0 radical (unpaired) electrons. The molecule has 0 rings (SSSR count). The van der Waals surface area contributed by atoms with Gasteiger partial charge in [-0.2, -0.15) is 4.21 Å². The Balaban J connectivity index is 3.31. The molecule has 0 saturated carbocycles. The molecule has 3 nitrogen and oxygen atoms in total. The van der Waals surface area contributed by atoms with Gasteiger partial charge in [-0.15, -0.1) is 0 Å². The topological polar surface area (TPSA) is 46.5 Å². The van der Waals surface area contributed by atoms with Gasteiger partial charge in [0, 0.05) is 0 Å². The largest absolute Gasteiger partial charge is 0.302 e. The van der Waals surface area contributed by atoms with Gasteiger partial charge in [0.1, 0.15) is 0 Å². The van der Waals surface area contributed by atoms with Crippen LogP contribution in [0.3, 0.4) is 0 Å². The molecule has 54 valence electrons. The second-order valence-electron chi connectivity index (χ2n) is 1.78. The molecule has 1 atom stereocenters. The second kappa shape index (κ2) is 4.67. The smallest absolute Gasteiger partial charge is 0.284 e. The van der Waals surface area contributed by atoms with E-state index in [9.17, 15) is 4.21 Å². The first-order chi connectivity index (χ1) is 4.13. The fourth-order valence-electron chi connectivity index (χ4n) is 0.259. The summed E-state index contributed by atoms with van der Waals surface area (Å²) in [6, 6.07) is 0. The van der Waals surface area contributed by atoms with Crippen LogP contribution in [0.4, 0.5) is 0 Å². The number of allylic oxidation sites excluding steroid dienone is 1. The molecule has 0 heterocycles. The number of hydrogen-bond donors (Lipinski definition) is 1. The third-order valence-electron chi connectivity index (χ3n) is 0.660. The fourth-order valence-corrected chi connectivity index (χ4v) is 0.443. The summed E-state index contributed by atoms with van der Waals surface area (Å²) in [6.45, 7) is 3.98. The van der Waals surface area contributed by atoms with Gasteiger partial charge in [0.05, 0.1) is 6.61 Å². The first-order valence-electron chi connectivity index (χ1n) is 2.50. The predicted octanol–water partition coefficient (Wildman–Crippen LogP) is 1.11. The van der Waals surface area contributed by atoms with Gasteiger partial charge in [0.25, 0.3) is 0 Å². The molecule has 0 saturated heterocycles. The summed E-state index contributed by atoms with van der Waals surface area (Å²) in [7, 11) is 0. The predicted molar refractivity (Wildman–Crippen MR) is 36.2 cm³/mol. The standard InChI is InChI=1S/C5H10O3S/c1-5(2)3-4-8-9(6)7/h3H,4H2,1-2H3,(H,6,7). The molecule has 0 spiro atoms. The zero-order valence-electron chi connectivity index (χ0n) is 5.46. The molecule has 0 aliphatic rings. The molecule has 0 aliphatic carbocycles. The SMILES string of the molecule is CC(C)=CCOS(=O)O. The van der Waals surface area contributed by atoms with Crippen LogP contribution < -0.4 is 0 Å².